The number of benzene rings is 2. The number of hydrogen-bond donors (Lipinski definition) is 3. The zero-order valence-electron chi connectivity index (χ0n) is 17.9. The van der Waals surface area contributed by atoms with Crippen LogP contribution in [0.4, 0.5) is 5.69 Å². The molecular formula is C24H26N4O2. The number of aliphatic imine (C=N–C) groups is 1. The molecule has 0 unspecified atom stereocenters. The molecule has 154 valence electrons. The first-order chi connectivity index (χ1) is 14.2. The second kappa shape index (κ2) is 8.37. The van der Waals surface area contributed by atoms with E-state index in [-0.39, 0.29) is 5.71 Å². The maximum absolute atomic E-state index is 11.8. The van der Waals surface area contributed by atoms with Crippen molar-refractivity contribution in [2.45, 2.75) is 27.7 Å². The van der Waals surface area contributed by atoms with E-state index in [1.807, 2.05) is 75.2 Å². The molecule has 6 nitrogen and oxygen atoms in total. The minimum Gasteiger partial charge on any atom is -0.477 e. The second-order valence-corrected chi connectivity index (χ2v) is 7.47. The monoisotopic (exact) mass is 402 g/mol. The fourth-order valence-electron chi connectivity index (χ4n) is 3.48. The first-order valence-corrected chi connectivity index (χ1v) is 9.66. The zero-order valence-corrected chi connectivity index (χ0v) is 17.9. The van der Waals surface area contributed by atoms with Crippen molar-refractivity contribution < 1.29 is 9.90 Å². The summed E-state index contributed by atoms with van der Waals surface area (Å²) in [7, 11) is 1.86. The Balaban J connectivity index is 2.17. The molecule has 30 heavy (non-hydrogen) atoms. The smallest absolute Gasteiger partial charge is 0.354 e. The van der Waals surface area contributed by atoms with E-state index in [2.05, 4.69) is 10.3 Å². The van der Waals surface area contributed by atoms with Crippen molar-refractivity contribution in [2.24, 2.45) is 4.99 Å². The van der Waals surface area contributed by atoms with Crippen LogP contribution < -0.4 is 10.2 Å². The number of carbonyl (C=O) groups is 1. The predicted octanol–water partition coefficient (Wildman–Crippen LogP) is 4.43. The van der Waals surface area contributed by atoms with Gasteiger partial charge in [0.15, 0.2) is 5.71 Å². The van der Waals surface area contributed by atoms with Gasteiger partial charge in [0.2, 0.25) is 0 Å². The number of carboxylic acids is 1. The van der Waals surface area contributed by atoms with Gasteiger partial charge in [0.05, 0.1) is 0 Å². The number of aliphatic carboxylic acids is 1. The van der Waals surface area contributed by atoms with Crippen LogP contribution in [0.3, 0.4) is 0 Å². The van der Waals surface area contributed by atoms with Crippen LogP contribution in [0, 0.1) is 26.2 Å². The summed E-state index contributed by atoms with van der Waals surface area (Å²) in [5, 5.41) is 21.3. The predicted molar refractivity (Wildman–Crippen MR) is 122 cm³/mol. The van der Waals surface area contributed by atoms with Gasteiger partial charge in [0, 0.05) is 30.1 Å². The van der Waals surface area contributed by atoms with Crippen LogP contribution >= 0.6 is 0 Å². The molecule has 2 aromatic carbocycles. The van der Waals surface area contributed by atoms with Crippen LogP contribution in [0.15, 0.2) is 65.2 Å². The lowest BCUT2D eigenvalue weighted by Crippen LogP contribution is -2.34. The molecule has 0 fully saturated rings. The number of rotatable bonds is 5. The number of allylic oxidation sites excluding steroid dienone is 1. The van der Waals surface area contributed by atoms with Crippen LogP contribution in [0.2, 0.25) is 0 Å². The average Bonchev–Trinajstić information content (AvgIpc) is 2.70. The standard InChI is InChI=1S/C24H26N4O2/c1-14-9-11-18(12-10-14)28(5)20-13-19(24(29)30)26-23(27-20)22(17(4)25)21-15(2)7-6-8-16(21)3/h6-13,25,27H,1-5H3,(H,29,30)/b23-22+,25-17?. The minimum atomic E-state index is -1.12. The Morgan fingerprint density at radius 3 is 2.20 bits per heavy atom. The number of anilines is 1. The molecule has 0 aliphatic carbocycles. The van der Waals surface area contributed by atoms with Crippen LogP contribution in [0.1, 0.15) is 29.2 Å². The third-order valence-electron chi connectivity index (χ3n) is 5.10. The third-order valence-corrected chi connectivity index (χ3v) is 5.10. The molecule has 0 spiro atoms. The molecular weight excluding hydrogens is 376 g/mol. The van der Waals surface area contributed by atoms with Crippen LogP contribution in [0.25, 0.3) is 5.57 Å². The minimum absolute atomic E-state index is 0.0808. The molecule has 2 aromatic rings. The summed E-state index contributed by atoms with van der Waals surface area (Å²) in [6, 6.07) is 13.9. The van der Waals surface area contributed by atoms with Gasteiger partial charge >= 0.3 is 5.97 Å². The van der Waals surface area contributed by atoms with Crippen LogP contribution in [-0.2, 0) is 4.79 Å². The summed E-state index contributed by atoms with van der Waals surface area (Å²) in [5.41, 5.74) is 5.76. The largest absolute Gasteiger partial charge is 0.477 e. The summed E-state index contributed by atoms with van der Waals surface area (Å²) < 4.78 is 0. The Morgan fingerprint density at radius 2 is 1.67 bits per heavy atom. The van der Waals surface area contributed by atoms with Crippen molar-refractivity contribution >= 4 is 28.7 Å². The molecule has 3 N–H and O–H groups in total. The van der Waals surface area contributed by atoms with E-state index in [1.165, 1.54) is 6.08 Å². The highest BCUT2D eigenvalue weighted by atomic mass is 16.4. The van der Waals surface area contributed by atoms with Gasteiger partial charge in [-0.3, -0.25) is 0 Å². The van der Waals surface area contributed by atoms with Gasteiger partial charge in [-0.2, -0.15) is 0 Å². The summed E-state index contributed by atoms with van der Waals surface area (Å²) in [6.07, 6.45) is 1.51. The fraction of sp³-hybridized carbons (Fsp3) is 0.208. The highest BCUT2D eigenvalue weighted by Gasteiger charge is 2.24. The lowest BCUT2D eigenvalue weighted by atomic mass is 9.92. The highest BCUT2D eigenvalue weighted by molar-refractivity contribution is 6.41. The van der Waals surface area contributed by atoms with Gasteiger partial charge in [-0.25, -0.2) is 9.79 Å². The molecule has 3 rings (SSSR count). The SMILES string of the molecule is CC(=N)/C(=C1/N=C(C(=O)O)C=C(N(C)c2ccc(C)cc2)N1)c1c(C)cccc1C. The van der Waals surface area contributed by atoms with Crippen molar-refractivity contribution in [1.82, 2.24) is 5.32 Å². The Kier molecular flexibility index (Phi) is 5.87. The maximum atomic E-state index is 11.8. The molecule has 1 heterocycles. The van der Waals surface area contributed by atoms with Crippen LogP contribution in [0.5, 0.6) is 0 Å². The Morgan fingerprint density at radius 1 is 1.07 bits per heavy atom. The summed E-state index contributed by atoms with van der Waals surface area (Å²) in [5.74, 6) is -0.188. The number of hydrogen-bond acceptors (Lipinski definition) is 5. The molecule has 6 heteroatoms. The third kappa shape index (κ3) is 4.17. The van der Waals surface area contributed by atoms with E-state index in [0.29, 0.717) is 22.9 Å². The zero-order chi connectivity index (χ0) is 22.0. The first kappa shape index (κ1) is 21.0. The second-order valence-electron chi connectivity index (χ2n) is 7.47. The van der Waals surface area contributed by atoms with Gasteiger partial charge in [-0.15, -0.1) is 0 Å². The van der Waals surface area contributed by atoms with E-state index in [4.69, 9.17) is 5.41 Å². The van der Waals surface area contributed by atoms with Gasteiger partial charge in [-0.1, -0.05) is 35.9 Å². The van der Waals surface area contributed by atoms with Gasteiger partial charge in [0.25, 0.3) is 0 Å². The molecule has 0 radical (unpaired) electrons. The lowest BCUT2D eigenvalue weighted by molar-refractivity contribution is -0.129. The number of carboxylic acid groups (broad SMARTS) is 1. The molecule has 0 aromatic heterocycles. The Hall–Kier alpha value is -3.67. The molecule has 0 atom stereocenters. The van der Waals surface area contributed by atoms with Gasteiger partial charge in [0.1, 0.15) is 11.6 Å². The van der Waals surface area contributed by atoms with E-state index >= 15 is 0 Å². The van der Waals surface area contributed by atoms with Gasteiger partial charge < -0.3 is 20.7 Å². The first-order valence-electron chi connectivity index (χ1n) is 9.66. The van der Waals surface area contributed by atoms with Crippen molar-refractivity contribution in [3.63, 3.8) is 0 Å². The van der Waals surface area contributed by atoms with E-state index in [0.717, 1.165) is 27.9 Å². The van der Waals surface area contributed by atoms with Crippen molar-refractivity contribution in [3.8, 4) is 0 Å². The summed E-state index contributed by atoms with van der Waals surface area (Å²) in [6.45, 7) is 7.66. The van der Waals surface area contributed by atoms with Crippen molar-refractivity contribution in [3.05, 3.63) is 82.4 Å². The summed E-state index contributed by atoms with van der Waals surface area (Å²) in [4.78, 5) is 18.0. The highest BCUT2D eigenvalue weighted by Crippen LogP contribution is 2.29. The molecule has 0 amide bonds. The van der Waals surface area contributed by atoms with E-state index in [9.17, 15) is 9.90 Å². The van der Waals surface area contributed by atoms with Crippen molar-refractivity contribution in [1.29, 1.82) is 5.41 Å². The molecule has 0 saturated carbocycles. The fourth-order valence-corrected chi connectivity index (χ4v) is 3.48. The number of nitrogens with zero attached hydrogens (tertiary/aromatic N) is 2. The lowest BCUT2D eigenvalue weighted by Gasteiger charge is -2.28. The quantitative estimate of drug-likeness (QED) is 0.646. The molecule has 1 aliphatic rings. The molecule has 1 aliphatic heterocycles. The topological polar surface area (TPSA) is 88.8 Å². The maximum Gasteiger partial charge on any atom is 0.354 e. The molecule has 0 saturated heterocycles. The van der Waals surface area contributed by atoms with Crippen molar-refractivity contribution in [2.75, 3.05) is 11.9 Å². The summed E-state index contributed by atoms with van der Waals surface area (Å²) >= 11 is 0. The van der Waals surface area contributed by atoms with Gasteiger partial charge in [-0.05, 0) is 56.5 Å². The Labute approximate surface area is 176 Å². The number of nitrogens with one attached hydrogen (secondary N) is 2. The van der Waals surface area contributed by atoms with E-state index in [1.54, 1.807) is 6.92 Å². The Bertz CT molecular complexity index is 1090. The number of aryl methyl sites for hydroxylation is 3. The normalized spacial score (nSPS) is 15.0. The van der Waals surface area contributed by atoms with Crippen LogP contribution in [-0.4, -0.2) is 29.5 Å². The van der Waals surface area contributed by atoms with E-state index < -0.39 is 5.97 Å². The average molecular weight is 402 g/mol. The molecule has 0 bridgehead atoms.